The summed E-state index contributed by atoms with van der Waals surface area (Å²) in [6.07, 6.45) is 6.15. The third-order valence-corrected chi connectivity index (χ3v) is 6.53. The minimum absolute atomic E-state index is 0.165. The summed E-state index contributed by atoms with van der Waals surface area (Å²) in [4.78, 5) is 0. The molecule has 3 nitrogen and oxygen atoms in total. The van der Waals surface area contributed by atoms with Gasteiger partial charge in [0, 0.05) is 16.8 Å². The fourth-order valence-corrected chi connectivity index (χ4v) is 4.95. The van der Waals surface area contributed by atoms with Crippen LogP contribution in [0.1, 0.15) is 57.6 Å². The number of benzene rings is 1. The molecule has 4 heteroatoms. The molecule has 1 aliphatic heterocycles. The summed E-state index contributed by atoms with van der Waals surface area (Å²) in [7, 11) is 0. The van der Waals surface area contributed by atoms with Gasteiger partial charge in [-0.15, -0.1) is 0 Å². The van der Waals surface area contributed by atoms with E-state index in [1.165, 1.54) is 44.3 Å². The highest BCUT2D eigenvalue weighted by molar-refractivity contribution is 7.98. The zero-order valence-corrected chi connectivity index (χ0v) is 15.9. The first kappa shape index (κ1) is 17.8. The molecule has 0 aromatic heterocycles. The lowest BCUT2D eigenvalue weighted by atomic mass is 9.81. The molecule has 1 spiro atoms. The molecule has 0 bridgehead atoms. The summed E-state index contributed by atoms with van der Waals surface area (Å²) in [6, 6.07) is 10.4. The molecule has 24 heavy (non-hydrogen) atoms. The van der Waals surface area contributed by atoms with Gasteiger partial charge in [-0.3, -0.25) is 4.72 Å². The van der Waals surface area contributed by atoms with E-state index in [1.54, 1.807) is 0 Å². The predicted molar refractivity (Wildman–Crippen MR) is 102 cm³/mol. The van der Waals surface area contributed by atoms with E-state index in [0.717, 1.165) is 12.0 Å². The Balaban J connectivity index is 1.78. The normalized spacial score (nSPS) is 29.9. The summed E-state index contributed by atoms with van der Waals surface area (Å²) in [5.74, 6) is 0. The fourth-order valence-electron chi connectivity index (χ4n) is 4.18. The third-order valence-electron chi connectivity index (χ3n) is 5.38. The number of rotatable bonds is 4. The van der Waals surface area contributed by atoms with Crippen LogP contribution in [-0.4, -0.2) is 23.4 Å². The minimum atomic E-state index is 0.165. The quantitative estimate of drug-likeness (QED) is 0.810. The van der Waals surface area contributed by atoms with E-state index in [2.05, 4.69) is 49.0 Å². The van der Waals surface area contributed by atoms with E-state index < -0.39 is 0 Å². The maximum atomic E-state index is 9.00. The Morgan fingerprint density at radius 2 is 1.96 bits per heavy atom. The average Bonchev–Trinajstić information content (AvgIpc) is 3.14. The molecule has 2 N–H and O–H groups in total. The molecular weight excluding hydrogens is 314 g/mol. The summed E-state index contributed by atoms with van der Waals surface area (Å²) in [5.41, 5.74) is 2.72. The zero-order valence-electron chi connectivity index (χ0n) is 15.1. The Bertz CT molecular complexity index is 605. The molecule has 1 aromatic rings. The number of nitriles is 1. The average molecular weight is 344 g/mol. The van der Waals surface area contributed by atoms with Gasteiger partial charge in [-0.25, -0.2) is 0 Å². The van der Waals surface area contributed by atoms with Gasteiger partial charge in [0.05, 0.1) is 11.6 Å². The fraction of sp³-hybridized carbons (Fsp3) is 0.650. The molecule has 1 saturated carbocycles. The molecule has 1 aliphatic carbocycles. The van der Waals surface area contributed by atoms with E-state index in [-0.39, 0.29) is 10.3 Å². The van der Waals surface area contributed by atoms with E-state index in [1.807, 2.05) is 24.1 Å². The molecule has 1 heterocycles. The van der Waals surface area contributed by atoms with Crippen LogP contribution in [0.15, 0.2) is 24.3 Å². The molecule has 1 saturated heterocycles. The second-order valence-electron chi connectivity index (χ2n) is 8.69. The van der Waals surface area contributed by atoms with Gasteiger partial charge >= 0.3 is 0 Å². The van der Waals surface area contributed by atoms with E-state index in [9.17, 15) is 0 Å². The van der Waals surface area contributed by atoms with Crippen LogP contribution in [0.2, 0.25) is 0 Å². The van der Waals surface area contributed by atoms with Crippen molar-refractivity contribution in [2.45, 2.75) is 63.2 Å². The zero-order chi connectivity index (χ0) is 17.3. The topological polar surface area (TPSA) is 47.9 Å². The van der Waals surface area contributed by atoms with Gasteiger partial charge in [-0.1, -0.05) is 24.1 Å². The van der Waals surface area contributed by atoms with Crippen LogP contribution in [0.3, 0.4) is 0 Å². The summed E-state index contributed by atoms with van der Waals surface area (Å²) >= 11 is 1.88. The number of hydrogen-bond donors (Lipinski definition) is 2. The highest BCUT2D eigenvalue weighted by Gasteiger charge is 2.49. The summed E-state index contributed by atoms with van der Waals surface area (Å²) < 4.78 is 4.10. The van der Waals surface area contributed by atoms with Crippen LogP contribution >= 0.6 is 11.9 Å². The van der Waals surface area contributed by atoms with Crippen LogP contribution in [-0.2, 0) is 6.42 Å². The van der Waals surface area contributed by atoms with E-state index in [0.29, 0.717) is 5.41 Å². The standard InChI is InChI=1S/C20H29N3S/c1-18(2,3)24-23-20(9-8-19(14-20)10-11-22-15-19)12-16-4-6-17(13-21)7-5-16/h4-7,22-23H,8-12,14-15H2,1-3H3. The minimum Gasteiger partial charge on any atom is -0.316 e. The molecule has 2 aliphatic rings. The predicted octanol–water partition coefficient (Wildman–Crippen LogP) is 4.04. The summed E-state index contributed by atoms with van der Waals surface area (Å²) in [6.45, 7) is 9.13. The van der Waals surface area contributed by atoms with Crippen molar-refractivity contribution in [2.75, 3.05) is 13.1 Å². The monoisotopic (exact) mass is 343 g/mol. The Hall–Kier alpha value is -1.02. The van der Waals surface area contributed by atoms with E-state index in [4.69, 9.17) is 5.26 Å². The van der Waals surface area contributed by atoms with Crippen molar-refractivity contribution < 1.29 is 0 Å². The first-order valence-corrected chi connectivity index (χ1v) is 9.81. The smallest absolute Gasteiger partial charge is 0.0991 e. The van der Waals surface area contributed by atoms with Crippen LogP contribution in [0, 0.1) is 16.7 Å². The van der Waals surface area contributed by atoms with Crippen molar-refractivity contribution in [1.82, 2.24) is 10.0 Å². The van der Waals surface area contributed by atoms with Crippen molar-refractivity contribution >= 4 is 11.9 Å². The molecule has 2 atom stereocenters. The highest BCUT2D eigenvalue weighted by atomic mass is 32.2. The van der Waals surface area contributed by atoms with E-state index >= 15 is 0 Å². The lowest BCUT2D eigenvalue weighted by Gasteiger charge is -2.35. The van der Waals surface area contributed by atoms with Crippen molar-refractivity contribution in [1.29, 1.82) is 5.26 Å². The third kappa shape index (κ3) is 4.14. The van der Waals surface area contributed by atoms with Crippen molar-refractivity contribution in [3.8, 4) is 6.07 Å². The van der Waals surface area contributed by atoms with Gasteiger partial charge in [0.1, 0.15) is 0 Å². The van der Waals surface area contributed by atoms with Gasteiger partial charge in [0.25, 0.3) is 0 Å². The SMILES string of the molecule is CC(C)(C)SNC1(Cc2ccc(C#N)cc2)CCC2(CCNC2)C1. The molecule has 1 aromatic carbocycles. The van der Waals surface area contributed by atoms with Gasteiger partial charge in [-0.2, -0.15) is 5.26 Å². The Kier molecular flexibility index (Phi) is 4.97. The molecule has 0 radical (unpaired) electrons. The molecule has 3 rings (SSSR count). The second-order valence-corrected chi connectivity index (χ2v) is 10.3. The van der Waals surface area contributed by atoms with Gasteiger partial charge in [-0.05, 0) is 82.5 Å². The Morgan fingerprint density at radius 1 is 1.21 bits per heavy atom. The molecule has 0 amide bonds. The van der Waals surface area contributed by atoms with Gasteiger partial charge in [0.15, 0.2) is 0 Å². The van der Waals surface area contributed by atoms with Crippen molar-refractivity contribution in [2.24, 2.45) is 5.41 Å². The van der Waals surface area contributed by atoms with Crippen LogP contribution in [0.4, 0.5) is 0 Å². The largest absolute Gasteiger partial charge is 0.316 e. The first-order chi connectivity index (χ1) is 11.3. The molecular formula is C20H29N3S. The number of nitrogens with zero attached hydrogens (tertiary/aromatic N) is 1. The lowest BCUT2D eigenvalue weighted by Crippen LogP contribution is -2.44. The first-order valence-electron chi connectivity index (χ1n) is 8.99. The number of hydrogen-bond acceptors (Lipinski definition) is 4. The Labute approximate surface area is 150 Å². The van der Waals surface area contributed by atoms with Crippen LogP contribution in [0.25, 0.3) is 0 Å². The maximum Gasteiger partial charge on any atom is 0.0991 e. The molecule has 2 fully saturated rings. The van der Waals surface area contributed by atoms with Crippen molar-refractivity contribution in [3.05, 3.63) is 35.4 Å². The lowest BCUT2D eigenvalue weighted by molar-refractivity contribution is 0.292. The number of nitrogens with one attached hydrogen (secondary N) is 2. The second kappa shape index (κ2) is 6.71. The van der Waals surface area contributed by atoms with Gasteiger partial charge < -0.3 is 5.32 Å². The molecule has 130 valence electrons. The maximum absolute atomic E-state index is 9.00. The van der Waals surface area contributed by atoms with Gasteiger partial charge in [0.2, 0.25) is 0 Å². The van der Waals surface area contributed by atoms with Crippen LogP contribution in [0.5, 0.6) is 0 Å². The van der Waals surface area contributed by atoms with Crippen LogP contribution < -0.4 is 10.0 Å². The summed E-state index contributed by atoms with van der Waals surface area (Å²) in [5, 5.41) is 12.6. The highest BCUT2D eigenvalue weighted by Crippen LogP contribution is 2.50. The molecule has 2 unspecified atom stereocenters. The Morgan fingerprint density at radius 3 is 2.54 bits per heavy atom. The van der Waals surface area contributed by atoms with Crippen molar-refractivity contribution in [3.63, 3.8) is 0 Å².